The number of likely N-dealkylation sites (N-methyl/N-ethyl adjacent to an activating group) is 1. The molecule has 0 aromatic carbocycles. The van der Waals surface area contributed by atoms with Crippen LogP contribution in [0.4, 0.5) is 0 Å². The lowest BCUT2D eigenvalue weighted by atomic mass is 10.2. The predicted octanol–water partition coefficient (Wildman–Crippen LogP) is 1.56. The Balaban J connectivity index is 1.97. The number of hydrogen-bond acceptors (Lipinski definition) is 4. The van der Waals surface area contributed by atoms with Gasteiger partial charge in [0.05, 0.1) is 6.54 Å². The summed E-state index contributed by atoms with van der Waals surface area (Å²) in [5, 5.41) is 7.29. The van der Waals surface area contributed by atoms with E-state index in [0.717, 1.165) is 44.4 Å². The Kier molecular flexibility index (Phi) is 6.04. The van der Waals surface area contributed by atoms with Crippen LogP contribution in [0, 0.1) is 0 Å². The maximum atomic E-state index is 4.85. The highest BCUT2D eigenvalue weighted by atomic mass is 16.5. The molecule has 1 unspecified atom stereocenters. The Labute approximate surface area is 127 Å². The van der Waals surface area contributed by atoms with Gasteiger partial charge in [0.2, 0.25) is 0 Å². The Bertz CT molecular complexity index is 427. The number of aliphatic imine (C=N–C) groups is 1. The van der Waals surface area contributed by atoms with Gasteiger partial charge in [-0.25, -0.2) is 4.99 Å². The highest BCUT2D eigenvalue weighted by Crippen LogP contribution is 2.15. The van der Waals surface area contributed by atoms with Crippen molar-refractivity contribution in [2.75, 3.05) is 32.7 Å². The Morgan fingerprint density at radius 3 is 2.90 bits per heavy atom. The monoisotopic (exact) mass is 293 g/mol. The highest BCUT2D eigenvalue weighted by Gasteiger charge is 2.27. The third-order valence-electron chi connectivity index (χ3n) is 4.01. The average Bonchev–Trinajstić information content (AvgIpc) is 3.16. The van der Waals surface area contributed by atoms with Crippen molar-refractivity contribution in [3.05, 3.63) is 18.0 Å². The van der Waals surface area contributed by atoms with Crippen molar-refractivity contribution in [1.82, 2.24) is 20.3 Å². The number of hydrogen-bond donors (Lipinski definition) is 1. The number of aromatic nitrogens is 1. The van der Waals surface area contributed by atoms with Gasteiger partial charge in [0.25, 0.3) is 0 Å². The maximum Gasteiger partial charge on any atom is 0.194 e. The summed E-state index contributed by atoms with van der Waals surface area (Å²) in [6.07, 6.45) is 2.79. The molecule has 0 amide bonds. The topological polar surface area (TPSA) is 56.9 Å². The second kappa shape index (κ2) is 8.02. The van der Waals surface area contributed by atoms with Crippen LogP contribution in [-0.4, -0.2) is 59.7 Å². The second-order valence-electron chi connectivity index (χ2n) is 5.27. The molecule has 1 aliphatic rings. The van der Waals surface area contributed by atoms with Crippen molar-refractivity contribution in [3.63, 3.8) is 0 Å². The molecule has 2 rings (SSSR count). The molecule has 1 aliphatic heterocycles. The van der Waals surface area contributed by atoms with E-state index >= 15 is 0 Å². The molecule has 21 heavy (non-hydrogen) atoms. The molecule has 118 valence electrons. The second-order valence-corrected chi connectivity index (χ2v) is 5.27. The fourth-order valence-corrected chi connectivity index (χ4v) is 2.87. The van der Waals surface area contributed by atoms with Crippen LogP contribution in [0.1, 0.15) is 32.9 Å². The summed E-state index contributed by atoms with van der Waals surface area (Å²) in [4.78, 5) is 9.56. The largest absolute Gasteiger partial charge is 0.364 e. The standard InChI is InChI=1S/C15H27N5O/c1-4-16-15(17-11-13-8-10-21-18-13)20-9-7-14(12-20)19(5-2)6-3/h8,10,14H,4-7,9,11-12H2,1-3H3,(H,16,17). The number of guanidine groups is 1. The van der Waals surface area contributed by atoms with Crippen LogP contribution in [0.15, 0.2) is 21.8 Å². The molecule has 1 N–H and O–H groups in total. The van der Waals surface area contributed by atoms with Crippen LogP contribution in [-0.2, 0) is 6.54 Å². The highest BCUT2D eigenvalue weighted by molar-refractivity contribution is 5.80. The van der Waals surface area contributed by atoms with Crippen LogP contribution in [0.3, 0.4) is 0 Å². The number of likely N-dealkylation sites (tertiary alicyclic amines) is 1. The maximum absolute atomic E-state index is 4.85. The lowest BCUT2D eigenvalue weighted by molar-refractivity contribution is 0.223. The zero-order valence-corrected chi connectivity index (χ0v) is 13.4. The molecule has 0 bridgehead atoms. The minimum atomic E-state index is 0.561. The SMILES string of the molecule is CCNC(=NCc1ccon1)N1CCC(N(CC)CC)C1. The fraction of sp³-hybridized carbons (Fsp3) is 0.733. The first kappa shape index (κ1) is 15.8. The fourth-order valence-electron chi connectivity index (χ4n) is 2.87. The van der Waals surface area contributed by atoms with Gasteiger partial charge in [-0.15, -0.1) is 0 Å². The summed E-state index contributed by atoms with van der Waals surface area (Å²) < 4.78 is 4.85. The summed E-state index contributed by atoms with van der Waals surface area (Å²) in [7, 11) is 0. The quantitative estimate of drug-likeness (QED) is 0.637. The van der Waals surface area contributed by atoms with E-state index in [-0.39, 0.29) is 0 Å². The van der Waals surface area contributed by atoms with Crippen molar-refractivity contribution in [2.24, 2.45) is 4.99 Å². The molecule has 1 aromatic heterocycles. The molecular weight excluding hydrogens is 266 g/mol. The Hall–Kier alpha value is -1.56. The number of nitrogens with one attached hydrogen (secondary N) is 1. The van der Waals surface area contributed by atoms with Crippen LogP contribution in [0.5, 0.6) is 0 Å². The van der Waals surface area contributed by atoms with E-state index in [1.54, 1.807) is 6.26 Å². The molecule has 1 saturated heterocycles. The minimum absolute atomic E-state index is 0.561. The predicted molar refractivity (Wildman–Crippen MR) is 84.2 cm³/mol. The molecule has 6 nitrogen and oxygen atoms in total. The van der Waals surface area contributed by atoms with E-state index in [2.05, 4.69) is 46.0 Å². The molecule has 2 heterocycles. The van der Waals surface area contributed by atoms with E-state index in [4.69, 9.17) is 4.52 Å². The van der Waals surface area contributed by atoms with Crippen LogP contribution >= 0.6 is 0 Å². The van der Waals surface area contributed by atoms with E-state index in [1.807, 2.05) is 6.07 Å². The first-order valence-corrected chi connectivity index (χ1v) is 7.95. The van der Waals surface area contributed by atoms with Gasteiger partial charge in [-0.1, -0.05) is 19.0 Å². The third-order valence-corrected chi connectivity index (χ3v) is 4.01. The first-order chi connectivity index (χ1) is 10.3. The normalized spacial score (nSPS) is 19.5. The van der Waals surface area contributed by atoms with Crippen molar-refractivity contribution < 1.29 is 4.52 Å². The van der Waals surface area contributed by atoms with E-state index in [1.165, 1.54) is 6.42 Å². The summed E-state index contributed by atoms with van der Waals surface area (Å²) in [6.45, 7) is 12.3. The average molecular weight is 293 g/mol. The minimum Gasteiger partial charge on any atom is -0.364 e. The van der Waals surface area contributed by atoms with Crippen molar-refractivity contribution >= 4 is 5.96 Å². The van der Waals surface area contributed by atoms with Crippen LogP contribution in [0.2, 0.25) is 0 Å². The molecule has 1 fully saturated rings. The third kappa shape index (κ3) is 4.20. The summed E-state index contributed by atoms with van der Waals surface area (Å²) in [5.74, 6) is 0.982. The number of rotatable bonds is 6. The van der Waals surface area contributed by atoms with Gasteiger partial charge in [0.1, 0.15) is 12.0 Å². The molecular formula is C15H27N5O. The molecule has 6 heteroatoms. The summed E-state index contributed by atoms with van der Waals surface area (Å²) >= 11 is 0. The van der Waals surface area contributed by atoms with Crippen molar-refractivity contribution in [1.29, 1.82) is 0 Å². The molecule has 0 radical (unpaired) electrons. The number of nitrogens with zero attached hydrogens (tertiary/aromatic N) is 4. The van der Waals surface area contributed by atoms with E-state index in [9.17, 15) is 0 Å². The van der Waals surface area contributed by atoms with Crippen LogP contribution in [0.25, 0.3) is 0 Å². The van der Waals surface area contributed by atoms with Gasteiger partial charge in [-0.3, -0.25) is 4.90 Å². The molecule has 0 aliphatic carbocycles. The smallest absolute Gasteiger partial charge is 0.194 e. The van der Waals surface area contributed by atoms with Crippen molar-refractivity contribution in [2.45, 2.75) is 39.8 Å². The zero-order valence-electron chi connectivity index (χ0n) is 13.4. The zero-order chi connectivity index (χ0) is 15.1. The molecule has 0 saturated carbocycles. The first-order valence-electron chi connectivity index (χ1n) is 7.95. The molecule has 1 atom stereocenters. The Morgan fingerprint density at radius 2 is 2.29 bits per heavy atom. The van der Waals surface area contributed by atoms with E-state index < -0.39 is 0 Å². The van der Waals surface area contributed by atoms with Crippen LogP contribution < -0.4 is 5.32 Å². The van der Waals surface area contributed by atoms with Gasteiger partial charge in [-0.05, 0) is 26.4 Å². The van der Waals surface area contributed by atoms with Gasteiger partial charge < -0.3 is 14.7 Å². The molecule has 1 aromatic rings. The van der Waals surface area contributed by atoms with Gasteiger partial charge in [-0.2, -0.15) is 0 Å². The Morgan fingerprint density at radius 1 is 1.48 bits per heavy atom. The summed E-state index contributed by atoms with van der Waals surface area (Å²) in [6, 6.07) is 2.49. The lowest BCUT2D eigenvalue weighted by Gasteiger charge is -2.27. The summed E-state index contributed by atoms with van der Waals surface area (Å²) in [5.41, 5.74) is 0.866. The van der Waals surface area contributed by atoms with Gasteiger partial charge >= 0.3 is 0 Å². The molecule has 0 spiro atoms. The lowest BCUT2D eigenvalue weighted by Crippen LogP contribution is -2.43. The van der Waals surface area contributed by atoms with Gasteiger partial charge in [0.15, 0.2) is 5.96 Å². The van der Waals surface area contributed by atoms with E-state index in [0.29, 0.717) is 12.6 Å². The van der Waals surface area contributed by atoms with Gasteiger partial charge in [0, 0.05) is 31.7 Å². The van der Waals surface area contributed by atoms with Crippen molar-refractivity contribution in [3.8, 4) is 0 Å².